The van der Waals surface area contributed by atoms with Gasteiger partial charge in [-0.15, -0.1) is 0 Å². The van der Waals surface area contributed by atoms with E-state index in [1.54, 1.807) is 0 Å². The van der Waals surface area contributed by atoms with Gasteiger partial charge in [-0.1, -0.05) is 17.7 Å². The van der Waals surface area contributed by atoms with Crippen LogP contribution in [0.5, 0.6) is 0 Å². The van der Waals surface area contributed by atoms with Crippen molar-refractivity contribution in [2.75, 3.05) is 5.75 Å². The quantitative estimate of drug-likeness (QED) is 0.812. The molecule has 2 rings (SSSR count). The Labute approximate surface area is 110 Å². The van der Waals surface area contributed by atoms with E-state index in [0.717, 1.165) is 5.41 Å². The maximum absolute atomic E-state index is 12.0. The normalized spacial score (nSPS) is 22.2. The van der Waals surface area contributed by atoms with Gasteiger partial charge < -0.3 is 0 Å². The maximum Gasteiger partial charge on any atom is 0.244 e. The number of nitrogens with one attached hydrogen (secondary N) is 1. The molecule has 2 heterocycles. The standard InChI is InChI=1S/C9H9ClN2O4S2/c10-9-8(2-1-4-11-9)18(15,16)12-7-3-5-17(13,14)6-7/h1-5,7,12H,6H2. The summed E-state index contributed by atoms with van der Waals surface area (Å²) in [6, 6.07) is 1.95. The molecule has 1 aliphatic rings. The Bertz CT molecular complexity index is 697. The lowest BCUT2D eigenvalue weighted by Gasteiger charge is -2.11. The monoisotopic (exact) mass is 308 g/mol. The first-order valence-electron chi connectivity index (χ1n) is 4.84. The van der Waals surface area contributed by atoms with Gasteiger partial charge in [0.15, 0.2) is 9.84 Å². The van der Waals surface area contributed by atoms with Crippen LogP contribution < -0.4 is 4.72 Å². The largest absolute Gasteiger partial charge is 0.244 e. The minimum absolute atomic E-state index is 0.158. The number of halogens is 1. The molecular weight excluding hydrogens is 300 g/mol. The van der Waals surface area contributed by atoms with Crippen molar-refractivity contribution in [2.45, 2.75) is 10.9 Å². The first-order chi connectivity index (χ1) is 8.30. The Morgan fingerprint density at radius 1 is 1.44 bits per heavy atom. The number of rotatable bonds is 3. The van der Waals surface area contributed by atoms with Crippen LogP contribution in [0.15, 0.2) is 34.7 Å². The summed E-state index contributed by atoms with van der Waals surface area (Å²) in [5.74, 6) is -0.288. The van der Waals surface area contributed by atoms with Gasteiger partial charge in [-0.2, -0.15) is 0 Å². The Balaban J connectivity index is 2.25. The fourth-order valence-electron chi connectivity index (χ4n) is 1.48. The lowest BCUT2D eigenvalue weighted by atomic mass is 10.4. The van der Waals surface area contributed by atoms with E-state index >= 15 is 0 Å². The van der Waals surface area contributed by atoms with Gasteiger partial charge in [0, 0.05) is 11.6 Å². The van der Waals surface area contributed by atoms with Crippen LogP contribution in [0.4, 0.5) is 0 Å². The molecule has 1 atom stereocenters. The summed E-state index contributed by atoms with van der Waals surface area (Å²) in [5.41, 5.74) is 0. The molecule has 1 aromatic rings. The fraction of sp³-hybridized carbons (Fsp3) is 0.222. The molecule has 0 saturated heterocycles. The molecule has 98 valence electrons. The van der Waals surface area contributed by atoms with E-state index in [-0.39, 0.29) is 15.8 Å². The summed E-state index contributed by atoms with van der Waals surface area (Å²) in [7, 11) is -7.20. The second kappa shape index (κ2) is 4.61. The maximum atomic E-state index is 12.0. The molecule has 0 aliphatic carbocycles. The number of pyridine rings is 1. The molecule has 0 aromatic carbocycles. The molecule has 0 spiro atoms. The third kappa shape index (κ3) is 2.89. The Hall–Kier alpha value is -0.960. The topological polar surface area (TPSA) is 93.2 Å². The van der Waals surface area contributed by atoms with Crippen LogP contribution in [0.2, 0.25) is 5.15 Å². The number of sulfone groups is 1. The van der Waals surface area contributed by atoms with Gasteiger partial charge >= 0.3 is 0 Å². The number of hydrogen-bond donors (Lipinski definition) is 1. The second-order valence-electron chi connectivity index (χ2n) is 3.68. The summed E-state index contributed by atoms with van der Waals surface area (Å²) >= 11 is 5.68. The highest BCUT2D eigenvalue weighted by Gasteiger charge is 2.27. The summed E-state index contributed by atoms with van der Waals surface area (Å²) in [5, 5.41) is 0.834. The van der Waals surface area contributed by atoms with E-state index in [0.29, 0.717) is 0 Å². The van der Waals surface area contributed by atoms with Crippen molar-refractivity contribution in [1.82, 2.24) is 9.71 Å². The van der Waals surface area contributed by atoms with Crippen molar-refractivity contribution in [2.24, 2.45) is 0 Å². The van der Waals surface area contributed by atoms with E-state index in [2.05, 4.69) is 9.71 Å². The van der Waals surface area contributed by atoms with E-state index in [1.165, 1.54) is 24.4 Å². The van der Waals surface area contributed by atoms with E-state index in [1.807, 2.05) is 0 Å². The van der Waals surface area contributed by atoms with E-state index in [4.69, 9.17) is 11.6 Å². The minimum Gasteiger partial charge on any atom is -0.243 e. The number of nitrogens with zero attached hydrogens (tertiary/aromatic N) is 1. The summed E-state index contributed by atoms with van der Waals surface area (Å²) in [6.45, 7) is 0. The van der Waals surface area contributed by atoms with E-state index < -0.39 is 25.9 Å². The van der Waals surface area contributed by atoms with Crippen molar-refractivity contribution in [3.8, 4) is 0 Å². The minimum atomic E-state index is -3.88. The fourth-order valence-corrected chi connectivity index (χ4v) is 4.47. The van der Waals surface area contributed by atoms with Crippen LogP contribution in [-0.4, -0.2) is 33.6 Å². The molecule has 9 heteroatoms. The van der Waals surface area contributed by atoms with Crippen LogP contribution in [0.1, 0.15) is 0 Å². The van der Waals surface area contributed by atoms with Gasteiger partial charge in [0.05, 0.1) is 11.8 Å². The van der Waals surface area contributed by atoms with Gasteiger partial charge in [-0.25, -0.2) is 26.5 Å². The third-order valence-electron chi connectivity index (χ3n) is 2.25. The molecule has 1 aromatic heterocycles. The van der Waals surface area contributed by atoms with Gasteiger partial charge in [-0.3, -0.25) is 0 Å². The lowest BCUT2D eigenvalue weighted by Crippen LogP contribution is -2.35. The van der Waals surface area contributed by atoms with Gasteiger partial charge in [-0.05, 0) is 12.1 Å². The lowest BCUT2D eigenvalue weighted by molar-refractivity contribution is 0.574. The van der Waals surface area contributed by atoms with Crippen LogP contribution in [-0.2, 0) is 19.9 Å². The summed E-state index contributed by atoms with van der Waals surface area (Å²) in [6.07, 6.45) is 2.65. The Kier molecular flexibility index (Phi) is 3.45. The zero-order valence-electron chi connectivity index (χ0n) is 8.95. The van der Waals surface area contributed by atoms with Crippen molar-refractivity contribution >= 4 is 31.5 Å². The van der Waals surface area contributed by atoms with E-state index in [9.17, 15) is 16.8 Å². The van der Waals surface area contributed by atoms with Crippen LogP contribution >= 0.6 is 11.6 Å². The number of aromatic nitrogens is 1. The highest BCUT2D eigenvalue weighted by molar-refractivity contribution is 7.94. The molecule has 0 amide bonds. The SMILES string of the molecule is O=S1(=O)C=CC(NS(=O)(=O)c2cccnc2Cl)C1. The number of sulfonamides is 1. The molecule has 1 unspecified atom stereocenters. The first kappa shape index (κ1) is 13.5. The average molecular weight is 309 g/mol. The summed E-state index contributed by atoms with van der Waals surface area (Å²) < 4.78 is 48.5. The molecule has 0 saturated carbocycles. The molecule has 0 bridgehead atoms. The molecule has 1 aliphatic heterocycles. The zero-order valence-corrected chi connectivity index (χ0v) is 11.3. The van der Waals surface area contributed by atoms with Crippen molar-refractivity contribution in [3.63, 3.8) is 0 Å². The van der Waals surface area contributed by atoms with Crippen LogP contribution in [0, 0.1) is 0 Å². The molecule has 18 heavy (non-hydrogen) atoms. The van der Waals surface area contributed by atoms with Crippen LogP contribution in [0.25, 0.3) is 0 Å². The first-order valence-corrected chi connectivity index (χ1v) is 8.42. The second-order valence-corrected chi connectivity index (χ2v) is 7.65. The molecule has 6 nitrogen and oxygen atoms in total. The van der Waals surface area contributed by atoms with Gasteiger partial charge in [0.25, 0.3) is 0 Å². The predicted molar refractivity (Wildman–Crippen MR) is 66.3 cm³/mol. The third-order valence-corrected chi connectivity index (χ3v) is 5.58. The Morgan fingerprint density at radius 2 is 2.17 bits per heavy atom. The molecular formula is C9H9ClN2O4S2. The molecule has 1 N–H and O–H groups in total. The summed E-state index contributed by atoms with van der Waals surface area (Å²) in [4.78, 5) is 3.48. The number of hydrogen-bond acceptors (Lipinski definition) is 5. The predicted octanol–water partition coefficient (Wildman–Crippen LogP) is 0.324. The highest BCUT2D eigenvalue weighted by atomic mass is 35.5. The highest BCUT2D eigenvalue weighted by Crippen LogP contribution is 2.19. The Morgan fingerprint density at radius 3 is 2.72 bits per heavy atom. The van der Waals surface area contributed by atoms with Crippen molar-refractivity contribution in [3.05, 3.63) is 35.0 Å². The van der Waals surface area contributed by atoms with Crippen LogP contribution in [0.3, 0.4) is 0 Å². The van der Waals surface area contributed by atoms with Crippen molar-refractivity contribution < 1.29 is 16.8 Å². The van der Waals surface area contributed by atoms with Gasteiger partial charge in [0.1, 0.15) is 10.0 Å². The smallest absolute Gasteiger partial charge is 0.243 e. The zero-order chi connectivity index (χ0) is 13.4. The average Bonchev–Trinajstić information content (AvgIpc) is 2.57. The molecule has 0 fully saturated rings. The van der Waals surface area contributed by atoms with Crippen molar-refractivity contribution in [1.29, 1.82) is 0 Å². The van der Waals surface area contributed by atoms with Gasteiger partial charge in [0.2, 0.25) is 10.0 Å². The molecule has 0 radical (unpaired) electrons.